The summed E-state index contributed by atoms with van der Waals surface area (Å²) in [5.74, 6) is 0. The Hall–Kier alpha value is -1.24. The van der Waals surface area contributed by atoms with Gasteiger partial charge >= 0.3 is 0 Å². The smallest absolute Gasteiger partial charge is 0.0377 e. The highest BCUT2D eigenvalue weighted by molar-refractivity contribution is 5.27. The molecule has 0 N–H and O–H groups in total. The van der Waals surface area contributed by atoms with E-state index in [0.29, 0.717) is 0 Å². The summed E-state index contributed by atoms with van der Waals surface area (Å²) in [5, 5.41) is 0. The molecule has 1 nitrogen and oxygen atoms in total. The van der Waals surface area contributed by atoms with Crippen molar-refractivity contribution in [2.45, 2.75) is 19.8 Å². The van der Waals surface area contributed by atoms with E-state index in [1.54, 1.807) is 0 Å². The second kappa shape index (κ2) is 4.60. The van der Waals surface area contributed by atoms with Gasteiger partial charge in [-0.2, -0.15) is 0 Å². The third kappa shape index (κ3) is 2.42. The first-order valence-electron chi connectivity index (χ1n) is 4.33. The van der Waals surface area contributed by atoms with Crippen LogP contribution in [0.2, 0.25) is 0 Å². The number of unbranched alkanes of at least 4 members (excludes halogenated alkanes) is 1. The molecule has 0 aromatic carbocycles. The highest BCUT2D eigenvalue weighted by Gasteiger charge is 1.97. The van der Waals surface area contributed by atoms with Crippen molar-refractivity contribution in [2.75, 3.05) is 0 Å². The summed E-state index contributed by atoms with van der Waals surface area (Å²) in [4.78, 5) is 2.02. The van der Waals surface area contributed by atoms with Gasteiger partial charge in [-0.1, -0.05) is 32.1 Å². The monoisotopic (exact) mass is 161 g/mol. The van der Waals surface area contributed by atoms with Crippen molar-refractivity contribution in [2.24, 2.45) is 0 Å². The Morgan fingerprint density at radius 2 is 2.33 bits per heavy atom. The van der Waals surface area contributed by atoms with Gasteiger partial charge in [0.15, 0.2) is 0 Å². The zero-order valence-electron chi connectivity index (χ0n) is 7.53. The van der Waals surface area contributed by atoms with E-state index in [-0.39, 0.29) is 0 Å². The molecule has 0 amide bonds. The lowest BCUT2D eigenvalue weighted by Gasteiger charge is -2.17. The normalized spacial score (nSPS) is 16.4. The van der Waals surface area contributed by atoms with Gasteiger partial charge in [-0.3, -0.25) is 0 Å². The molecule has 0 aromatic rings. The van der Waals surface area contributed by atoms with Crippen LogP contribution in [-0.2, 0) is 0 Å². The van der Waals surface area contributed by atoms with Gasteiger partial charge < -0.3 is 4.90 Å². The van der Waals surface area contributed by atoms with E-state index >= 15 is 0 Å². The Balaban J connectivity index is 2.47. The average molecular weight is 161 g/mol. The lowest BCUT2D eigenvalue weighted by atomic mass is 10.3. The minimum Gasteiger partial charge on any atom is -0.325 e. The minimum atomic E-state index is 1.02. The van der Waals surface area contributed by atoms with Crippen LogP contribution in [0.5, 0.6) is 0 Å². The number of hydrogen-bond acceptors (Lipinski definition) is 1. The molecule has 0 spiro atoms. The predicted octanol–water partition coefficient (Wildman–Crippen LogP) is 3.20. The van der Waals surface area contributed by atoms with E-state index in [9.17, 15) is 0 Å². The molecular formula is C11H15N. The van der Waals surface area contributed by atoms with Crippen molar-refractivity contribution in [1.29, 1.82) is 0 Å². The van der Waals surface area contributed by atoms with Crippen LogP contribution in [0.4, 0.5) is 0 Å². The van der Waals surface area contributed by atoms with E-state index in [2.05, 4.69) is 25.8 Å². The van der Waals surface area contributed by atoms with Crippen molar-refractivity contribution in [3.63, 3.8) is 0 Å². The molecule has 0 radical (unpaired) electrons. The van der Waals surface area contributed by atoms with Crippen LogP contribution < -0.4 is 0 Å². The topological polar surface area (TPSA) is 3.24 Å². The number of rotatable bonds is 3. The fourth-order valence-electron chi connectivity index (χ4n) is 0.991. The molecule has 0 bridgehead atoms. The van der Waals surface area contributed by atoms with Gasteiger partial charge in [0, 0.05) is 18.1 Å². The molecule has 1 rings (SSSR count). The first-order chi connectivity index (χ1) is 5.84. The Labute approximate surface area is 74.4 Å². The average Bonchev–Trinajstić information content (AvgIpc) is 2.09. The summed E-state index contributed by atoms with van der Waals surface area (Å²) in [7, 11) is 0. The predicted molar refractivity (Wildman–Crippen MR) is 53.3 cm³/mol. The molecule has 1 heteroatoms. The molecule has 0 aromatic heterocycles. The standard InChI is InChI=1S/C11H15N/c1-3-4-6-9-12-10-7-5-8-11(12)2/h5-10H,2-4H2,1H3/b9-6-. The zero-order valence-corrected chi connectivity index (χ0v) is 7.53. The van der Waals surface area contributed by atoms with Crippen LogP contribution in [-0.4, -0.2) is 4.90 Å². The third-order valence-corrected chi connectivity index (χ3v) is 1.70. The first-order valence-corrected chi connectivity index (χ1v) is 4.33. The van der Waals surface area contributed by atoms with Gasteiger partial charge in [-0.25, -0.2) is 0 Å². The van der Waals surface area contributed by atoms with Crippen LogP contribution in [0.15, 0.2) is 49.0 Å². The van der Waals surface area contributed by atoms with E-state index in [1.165, 1.54) is 6.42 Å². The lowest BCUT2D eigenvalue weighted by Crippen LogP contribution is -2.07. The quantitative estimate of drug-likeness (QED) is 0.614. The second-order valence-electron chi connectivity index (χ2n) is 2.77. The van der Waals surface area contributed by atoms with Gasteiger partial charge in [0.05, 0.1) is 0 Å². The van der Waals surface area contributed by atoms with E-state index in [1.807, 2.05) is 29.3 Å². The van der Waals surface area contributed by atoms with Crippen molar-refractivity contribution in [3.8, 4) is 0 Å². The molecule has 0 atom stereocenters. The van der Waals surface area contributed by atoms with Crippen molar-refractivity contribution in [1.82, 2.24) is 4.90 Å². The van der Waals surface area contributed by atoms with Crippen LogP contribution in [0.3, 0.4) is 0 Å². The Morgan fingerprint density at radius 1 is 1.50 bits per heavy atom. The second-order valence-corrected chi connectivity index (χ2v) is 2.77. The molecule has 0 saturated carbocycles. The summed E-state index contributed by atoms with van der Waals surface area (Å²) in [6.07, 6.45) is 14.5. The van der Waals surface area contributed by atoms with Gasteiger partial charge in [0.25, 0.3) is 0 Å². The molecule has 1 aliphatic heterocycles. The van der Waals surface area contributed by atoms with Gasteiger partial charge in [0.2, 0.25) is 0 Å². The summed E-state index contributed by atoms with van der Waals surface area (Å²) < 4.78 is 0. The van der Waals surface area contributed by atoms with E-state index in [4.69, 9.17) is 0 Å². The van der Waals surface area contributed by atoms with E-state index < -0.39 is 0 Å². The van der Waals surface area contributed by atoms with Crippen LogP contribution >= 0.6 is 0 Å². The van der Waals surface area contributed by atoms with Crippen LogP contribution in [0, 0.1) is 0 Å². The summed E-state index contributed by atoms with van der Waals surface area (Å²) in [6.45, 7) is 6.08. The highest BCUT2D eigenvalue weighted by atomic mass is 15.1. The third-order valence-electron chi connectivity index (χ3n) is 1.70. The minimum absolute atomic E-state index is 1.02. The summed E-state index contributed by atoms with van der Waals surface area (Å²) in [5.41, 5.74) is 1.02. The van der Waals surface area contributed by atoms with Crippen LogP contribution in [0.25, 0.3) is 0 Å². The maximum absolute atomic E-state index is 3.91. The summed E-state index contributed by atoms with van der Waals surface area (Å²) in [6, 6.07) is 0. The molecule has 12 heavy (non-hydrogen) atoms. The number of hydrogen-bond donors (Lipinski definition) is 0. The SMILES string of the molecule is C=C1C=CC=CN1/C=C\CCC. The number of allylic oxidation sites excluding steroid dienone is 4. The molecule has 0 aliphatic carbocycles. The van der Waals surface area contributed by atoms with E-state index in [0.717, 1.165) is 12.1 Å². The van der Waals surface area contributed by atoms with Crippen molar-refractivity contribution in [3.05, 3.63) is 49.0 Å². The Kier molecular flexibility index (Phi) is 3.39. The fourth-order valence-corrected chi connectivity index (χ4v) is 0.991. The molecule has 64 valence electrons. The molecule has 1 heterocycles. The van der Waals surface area contributed by atoms with Gasteiger partial charge in [-0.15, -0.1) is 0 Å². The van der Waals surface area contributed by atoms with Crippen molar-refractivity contribution >= 4 is 0 Å². The maximum Gasteiger partial charge on any atom is 0.0377 e. The zero-order chi connectivity index (χ0) is 8.81. The Morgan fingerprint density at radius 3 is 3.00 bits per heavy atom. The highest BCUT2D eigenvalue weighted by Crippen LogP contribution is 2.10. The first kappa shape index (κ1) is 8.85. The van der Waals surface area contributed by atoms with Crippen LogP contribution in [0.1, 0.15) is 19.8 Å². The molecule has 1 aliphatic rings. The number of nitrogens with zero attached hydrogens (tertiary/aromatic N) is 1. The largest absolute Gasteiger partial charge is 0.325 e. The van der Waals surface area contributed by atoms with Crippen molar-refractivity contribution < 1.29 is 0 Å². The Bertz CT molecular complexity index is 233. The molecule has 0 fully saturated rings. The molecular weight excluding hydrogens is 146 g/mol. The molecule has 0 unspecified atom stereocenters. The van der Waals surface area contributed by atoms with Gasteiger partial charge in [0.1, 0.15) is 0 Å². The van der Waals surface area contributed by atoms with Gasteiger partial charge in [-0.05, 0) is 18.6 Å². The lowest BCUT2D eigenvalue weighted by molar-refractivity contribution is 0.644. The molecule has 0 saturated heterocycles. The fraction of sp³-hybridized carbons (Fsp3) is 0.273. The summed E-state index contributed by atoms with van der Waals surface area (Å²) >= 11 is 0. The maximum atomic E-state index is 3.91.